The molecular formula is C14H19FN2O4. The number of aromatic nitrogens is 1. The van der Waals surface area contributed by atoms with E-state index in [1.165, 1.54) is 17.2 Å². The average molecular weight is 298 g/mol. The van der Waals surface area contributed by atoms with Gasteiger partial charge in [-0.05, 0) is 6.07 Å². The van der Waals surface area contributed by atoms with Gasteiger partial charge in [0, 0.05) is 31.4 Å². The number of alkyl halides is 1. The first-order valence-corrected chi connectivity index (χ1v) is 6.79. The summed E-state index contributed by atoms with van der Waals surface area (Å²) < 4.78 is 23.6. The van der Waals surface area contributed by atoms with E-state index in [9.17, 15) is 14.3 Å². The second kappa shape index (κ2) is 7.33. The molecule has 7 heteroatoms. The maximum Gasteiger partial charge on any atom is 0.254 e. The smallest absolute Gasteiger partial charge is 0.254 e. The number of nitrogens with zero attached hydrogens (tertiary/aromatic N) is 2. The molecule has 1 aliphatic heterocycles. The minimum absolute atomic E-state index is 0.00620. The highest BCUT2D eigenvalue weighted by atomic mass is 19.1. The Hall–Kier alpha value is -1.73. The molecule has 2 atom stereocenters. The van der Waals surface area contributed by atoms with Crippen molar-refractivity contribution in [3.63, 3.8) is 0 Å². The van der Waals surface area contributed by atoms with Gasteiger partial charge in [0.2, 0.25) is 5.88 Å². The number of carbonyl (C=O) groups excluding carboxylic acids is 1. The SMILES string of the molecule is COCCOc1cc(C(=O)N2C[C@@H](F)C[C@H]2CO)ccn1. The van der Waals surface area contributed by atoms with Gasteiger partial charge in [-0.15, -0.1) is 0 Å². The van der Waals surface area contributed by atoms with Crippen molar-refractivity contribution in [2.45, 2.75) is 18.6 Å². The number of pyridine rings is 1. The molecule has 0 aliphatic carbocycles. The van der Waals surface area contributed by atoms with Crippen LogP contribution in [0.5, 0.6) is 5.88 Å². The number of likely N-dealkylation sites (tertiary alicyclic amines) is 1. The van der Waals surface area contributed by atoms with Gasteiger partial charge in [0.25, 0.3) is 5.91 Å². The van der Waals surface area contributed by atoms with Crippen molar-refractivity contribution >= 4 is 5.91 Å². The zero-order valence-corrected chi connectivity index (χ0v) is 11.9. The fraction of sp³-hybridized carbons (Fsp3) is 0.571. The van der Waals surface area contributed by atoms with Gasteiger partial charge in [-0.1, -0.05) is 0 Å². The Bertz CT molecular complexity index is 486. The first-order chi connectivity index (χ1) is 10.2. The molecule has 1 aromatic rings. The number of hydrogen-bond donors (Lipinski definition) is 1. The molecule has 2 heterocycles. The van der Waals surface area contributed by atoms with Gasteiger partial charge in [0.1, 0.15) is 12.8 Å². The lowest BCUT2D eigenvalue weighted by molar-refractivity contribution is 0.0672. The van der Waals surface area contributed by atoms with Crippen molar-refractivity contribution in [1.82, 2.24) is 9.88 Å². The van der Waals surface area contributed by atoms with E-state index in [-0.39, 0.29) is 25.5 Å². The minimum atomic E-state index is -1.09. The number of ether oxygens (including phenoxy) is 2. The third-order valence-corrected chi connectivity index (χ3v) is 3.35. The van der Waals surface area contributed by atoms with Crippen LogP contribution in [0.4, 0.5) is 4.39 Å². The third kappa shape index (κ3) is 3.89. The van der Waals surface area contributed by atoms with Gasteiger partial charge in [-0.2, -0.15) is 0 Å². The van der Waals surface area contributed by atoms with E-state index in [0.717, 1.165) is 0 Å². The average Bonchev–Trinajstić information content (AvgIpc) is 2.88. The minimum Gasteiger partial charge on any atom is -0.475 e. The van der Waals surface area contributed by atoms with Crippen LogP contribution in [0.3, 0.4) is 0 Å². The van der Waals surface area contributed by atoms with Crippen LogP contribution in [0.15, 0.2) is 18.3 Å². The quantitative estimate of drug-likeness (QED) is 0.781. The van der Waals surface area contributed by atoms with Crippen molar-refractivity contribution in [2.75, 3.05) is 33.5 Å². The van der Waals surface area contributed by atoms with Crippen molar-refractivity contribution in [1.29, 1.82) is 0 Å². The van der Waals surface area contributed by atoms with Crippen molar-refractivity contribution in [3.8, 4) is 5.88 Å². The molecule has 1 aliphatic rings. The summed E-state index contributed by atoms with van der Waals surface area (Å²) in [5, 5.41) is 9.24. The Morgan fingerprint density at radius 3 is 3.10 bits per heavy atom. The predicted molar refractivity (Wildman–Crippen MR) is 73.0 cm³/mol. The van der Waals surface area contributed by atoms with E-state index < -0.39 is 12.2 Å². The van der Waals surface area contributed by atoms with E-state index in [0.29, 0.717) is 24.7 Å². The molecular weight excluding hydrogens is 279 g/mol. The summed E-state index contributed by atoms with van der Waals surface area (Å²) in [5.74, 6) is -0.0114. The Balaban J connectivity index is 2.06. The number of hydrogen-bond acceptors (Lipinski definition) is 5. The molecule has 2 rings (SSSR count). The molecule has 0 radical (unpaired) electrons. The molecule has 6 nitrogen and oxygen atoms in total. The Morgan fingerprint density at radius 1 is 1.57 bits per heavy atom. The third-order valence-electron chi connectivity index (χ3n) is 3.35. The fourth-order valence-corrected chi connectivity index (χ4v) is 2.30. The molecule has 116 valence electrons. The van der Waals surface area contributed by atoms with Gasteiger partial charge >= 0.3 is 0 Å². The topological polar surface area (TPSA) is 71.9 Å². The van der Waals surface area contributed by atoms with Crippen molar-refractivity contribution in [2.24, 2.45) is 0 Å². The monoisotopic (exact) mass is 298 g/mol. The molecule has 1 aromatic heterocycles. The number of halogens is 1. The van der Waals surface area contributed by atoms with Gasteiger partial charge in [0.05, 0.1) is 25.8 Å². The summed E-state index contributed by atoms with van der Waals surface area (Å²) in [7, 11) is 1.56. The number of aliphatic hydroxyl groups is 1. The summed E-state index contributed by atoms with van der Waals surface area (Å²) in [5.41, 5.74) is 0.366. The summed E-state index contributed by atoms with van der Waals surface area (Å²) >= 11 is 0. The molecule has 0 aromatic carbocycles. The molecule has 1 N–H and O–H groups in total. The maximum atomic E-state index is 13.4. The predicted octanol–water partition coefficient (Wildman–Crippen LogP) is 0.652. The summed E-state index contributed by atoms with van der Waals surface area (Å²) in [6, 6.07) is 2.59. The van der Waals surface area contributed by atoms with Crippen molar-refractivity contribution in [3.05, 3.63) is 23.9 Å². The van der Waals surface area contributed by atoms with E-state index in [4.69, 9.17) is 9.47 Å². The Labute approximate surface area is 122 Å². The fourth-order valence-electron chi connectivity index (χ4n) is 2.30. The standard InChI is InChI=1S/C14H19FN2O4/c1-20-4-5-21-13-6-10(2-3-16-13)14(19)17-8-11(15)7-12(17)9-18/h2-3,6,11-12,18H,4-5,7-9H2,1H3/t11-,12-/m0/s1. The van der Waals surface area contributed by atoms with Crippen LogP contribution in [0.2, 0.25) is 0 Å². The highest BCUT2D eigenvalue weighted by Gasteiger charge is 2.35. The van der Waals surface area contributed by atoms with Crippen LogP contribution in [0.1, 0.15) is 16.8 Å². The molecule has 0 bridgehead atoms. The van der Waals surface area contributed by atoms with Gasteiger partial charge < -0.3 is 19.5 Å². The second-order valence-electron chi connectivity index (χ2n) is 4.85. The van der Waals surface area contributed by atoms with Crippen LogP contribution in [0.25, 0.3) is 0 Å². The molecule has 1 fully saturated rings. The van der Waals surface area contributed by atoms with Crippen LogP contribution in [0, 0.1) is 0 Å². The maximum absolute atomic E-state index is 13.4. The van der Waals surface area contributed by atoms with Crippen LogP contribution < -0.4 is 4.74 Å². The lowest BCUT2D eigenvalue weighted by Gasteiger charge is -2.22. The van der Waals surface area contributed by atoms with Gasteiger partial charge in [-0.25, -0.2) is 9.37 Å². The van der Waals surface area contributed by atoms with Gasteiger partial charge in [0.15, 0.2) is 0 Å². The number of aliphatic hydroxyl groups excluding tert-OH is 1. The molecule has 1 saturated heterocycles. The normalized spacial score (nSPS) is 21.6. The zero-order chi connectivity index (χ0) is 15.2. The van der Waals surface area contributed by atoms with Gasteiger partial charge in [-0.3, -0.25) is 4.79 Å². The summed E-state index contributed by atoms with van der Waals surface area (Å²) in [6.07, 6.45) is 0.543. The van der Waals surface area contributed by atoms with E-state index in [2.05, 4.69) is 4.98 Å². The molecule has 1 amide bonds. The van der Waals surface area contributed by atoms with Crippen LogP contribution >= 0.6 is 0 Å². The number of rotatable bonds is 6. The lowest BCUT2D eigenvalue weighted by atomic mass is 10.2. The molecule has 0 unspecified atom stereocenters. The Morgan fingerprint density at radius 2 is 2.38 bits per heavy atom. The first kappa shape index (κ1) is 15.7. The number of methoxy groups -OCH3 is 1. The van der Waals surface area contributed by atoms with E-state index in [1.54, 1.807) is 13.2 Å². The summed E-state index contributed by atoms with van der Waals surface area (Å²) in [4.78, 5) is 17.7. The van der Waals surface area contributed by atoms with E-state index in [1.807, 2.05) is 0 Å². The summed E-state index contributed by atoms with van der Waals surface area (Å²) in [6.45, 7) is 0.513. The number of carbonyl (C=O) groups is 1. The first-order valence-electron chi connectivity index (χ1n) is 6.79. The second-order valence-corrected chi connectivity index (χ2v) is 4.85. The van der Waals surface area contributed by atoms with Crippen LogP contribution in [-0.2, 0) is 4.74 Å². The molecule has 0 spiro atoms. The van der Waals surface area contributed by atoms with Crippen LogP contribution in [-0.4, -0.2) is 66.6 Å². The molecule has 0 saturated carbocycles. The lowest BCUT2D eigenvalue weighted by Crippen LogP contribution is -2.37. The van der Waals surface area contributed by atoms with Crippen molar-refractivity contribution < 1.29 is 23.8 Å². The highest BCUT2D eigenvalue weighted by Crippen LogP contribution is 2.23. The van der Waals surface area contributed by atoms with E-state index >= 15 is 0 Å². The molecule has 21 heavy (non-hydrogen) atoms. The zero-order valence-electron chi connectivity index (χ0n) is 11.9. The highest BCUT2D eigenvalue weighted by molar-refractivity contribution is 5.94. The Kier molecular flexibility index (Phi) is 5.46. The number of amides is 1. The largest absolute Gasteiger partial charge is 0.475 e.